The minimum atomic E-state index is 0.0122. The molecule has 0 aliphatic heterocycles. The van der Waals surface area contributed by atoms with Crippen LogP contribution in [0.3, 0.4) is 0 Å². The highest BCUT2D eigenvalue weighted by Crippen LogP contribution is 2.30. The predicted octanol–water partition coefficient (Wildman–Crippen LogP) is 2.80. The quantitative estimate of drug-likeness (QED) is 0.787. The fraction of sp³-hybridized carbons (Fsp3) is 0.357. The van der Waals surface area contributed by atoms with Crippen molar-refractivity contribution in [2.45, 2.75) is 26.5 Å². The van der Waals surface area contributed by atoms with Crippen LogP contribution in [0.25, 0.3) is 10.4 Å². The Balaban J connectivity index is 2.24. The van der Waals surface area contributed by atoms with Crippen LogP contribution in [0.15, 0.2) is 30.3 Å². The van der Waals surface area contributed by atoms with Gasteiger partial charge in [-0.05, 0) is 18.5 Å². The standard InChI is InChI=1S/C14H18N2OS/c1-2-8-15-9-12-14(18-13(10-17)16-12)11-6-4-3-5-7-11/h3-7,15,17H,2,8-10H2,1H3. The van der Waals surface area contributed by atoms with Crippen molar-refractivity contribution < 1.29 is 5.11 Å². The lowest BCUT2D eigenvalue weighted by Crippen LogP contribution is -2.14. The molecule has 96 valence electrons. The molecular formula is C14H18N2OS. The van der Waals surface area contributed by atoms with E-state index in [1.807, 2.05) is 18.2 Å². The van der Waals surface area contributed by atoms with Gasteiger partial charge in [0.15, 0.2) is 0 Å². The van der Waals surface area contributed by atoms with E-state index in [9.17, 15) is 5.11 Å². The van der Waals surface area contributed by atoms with Gasteiger partial charge in [0.1, 0.15) is 5.01 Å². The minimum absolute atomic E-state index is 0.0122. The highest BCUT2D eigenvalue weighted by Gasteiger charge is 2.11. The van der Waals surface area contributed by atoms with Crippen LogP contribution < -0.4 is 5.32 Å². The van der Waals surface area contributed by atoms with Gasteiger partial charge in [-0.25, -0.2) is 4.98 Å². The summed E-state index contributed by atoms with van der Waals surface area (Å²) in [5.41, 5.74) is 2.20. The van der Waals surface area contributed by atoms with Gasteiger partial charge in [-0.15, -0.1) is 11.3 Å². The van der Waals surface area contributed by atoms with E-state index in [0.717, 1.165) is 35.1 Å². The van der Waals surface area contributed by atoms with Crippen LogP contribution >= 0.6 is 11.3 Å². The van der Waals surface area contributed by atoms with E-state index in [1.165, 1.54) is 5.56 Å². The monoisotopic (exact) mass is 262 g/mol. The fourth-order valence-electron chi connectivity index (χ4n) is 1.79. The Kier molecular flexibility index (Phi) is 4.87. The Morgan fingerprint density at radius 3 is 2.72 bits per heavy atom. The Hall–Kier alpha value is -1.23. The van der Waals surface area contributed by atoms with E-state index >= 15 is 0 Å². The number of rotatable bonds is 6. The number of hydrogen-bond acceptors (Lipinski definition) is 4. The summed E-state index contributed by atoms with van der Waals surface area (Å²) in [6.45, 7) is 3.90. The smallest absolute Gasteiger partial charge is 0.119 e. The molecule has 3 nitrogen and oxygen atoms in total. The Labute approximate surface area is 112 Å². The summed E-state index contributed by atoms with van der Waals surface area (Å²) in [7, 11) is 0. The van der Waals surface area contributed by atoms with Gasteiger partial charge < -0.3 is 10.4 Å². The minimum Gasteiger partial charge on any atom is -0.389 e. The van der Waals surface area contributed by atoms with E-state index in [4.69, 9.17) is 0 Å². The molecule has 0 radical (unpaired) electrons. The van der Waals surface area contributed by atoms with E-state index in [2.05, 4.69) is 29.4 Å². The lowest BCUT2D eigenvalue weighted by Gasteiger charge is -2.03. The maximum Gasteiger partial charge on any atom is 0.119 e. The van der Waals surface area contributed by atoms with Gasteiger partial charge in [-0.1, -0.05) is 37.3 Å². The molecule has 0 atom stereocenters. The molecular weight excluding hydrogens is 244 g/mol. The molecule has 0 fully saturated rings. The van der Waals surface area contributed by atoms with Gasteiger partial charge in [-0.3, -0.25) is 0 Å². The van der Waals surface area contributed by atoms with Crippen molar-refractivity contribution in [2.24, 2.45) is 0 Å². The van der Waals surface area contributed by atoms with Crippen molar-refractivity contribution >= 4 is 11.3 Å². The van der Waals surface area contributed by atoms with Crippen LogP contribution in [0, 0.1) is 0 Å². The third kappa shape index (κ3) is 3.16. The van der Waals surface area contributed by atoms with Gasteiger partial charge in [0.05, 0.1) is 17.2 Å². The molecule has 0 aliphatic rings. The molecule has 0 spiro atoms. The topological polar surface area (TPSA) is 45.2 Å². The first kappa shape index (κ1) is 13.2. The van der Waals surface area contributed by atoms with Crippen LogP contribution in [0.4, 0.5) is 0 Å². The van der Waals surface area contributed by atoms with Gasteiger partial charge >= 0.3 is 0 Å². The first-order chi connectivity index (χ1) is 8.85. The van der Waals surface area contributed by atoms with Crippen molar-refractivity contribution in [3.8, 4) is 10.4 Å². The van der Waals surface area contributed by atoms with Crippen LogP contribution in [0.5, 0.6) is 0 Å². The number of benzene rings is 1. The van der Waals surface area contributed by atoms with Gasteiger partial charge in [-0.2, -0.15) is 0 Å². The molecule has 2 aromatic rings. The number of hydrogen-bond donors (Lipinski definition) is 2. The molecule has 1 heterocycles. The fourth-order valence-corrected chi connectivity index (χ4v) is 2.73. The number of nitrogens with one attached hydrogen (secondary N) is 1. The second kappa shape index (κ2) is 6.64. The maximum atomic E-state index is 9.22. The molecule has 0 aliphatic carbocycles. The number of aromatic nitrogens is 1. The zero-order valence-electron chi connectivity index (χ0n) is 10.5. The molecule has 0 bridgehead atoms. The summed E-state index contributed by atoms with van der Waals surface area (Å²) >= 11 is 1.57. The summed E-state index contributed by atoms with van der Waals surface area (Å²) in [5.74, 6) is 0. The lowest BCUT2D eigenvalue weighted by molar-refractivity contribution is 0.281. The molecule has 0 saturated heterocycles. The molecule has 2 rings (SSSR count). The normalized spacial score (nSPS) is 10.8. The molecule has 0 unspecified atom stereocenters. The summed E-state index contributed by atoms with van der Waals surface area (Å²) in [6.07, 6.45) is 1.11. The average molecular weight is 262 g/mol. The second-order valence-corrected chi connectivity index (χ2v) is 5.17. The van der Waals surface area contributed by atoms with Crippen LogP contribution in [0.2, 0.25) is 0 Å². The first-order valence-electron chi connectivity index (χ1n) is 6.20. The maximum absolute atomic E-state index is 9.22. The van der Waals surface area contributed by atoms with Crippen LogP contribution in [-0.2, 0) is 13.2 Å². The third-order valence-electron chi connectivity index (χ3n) is 2.63. The SMILES string of the molecule is CCCNCc1nc(CO)sc1-c1ccccc1. The molecule has 0 saturated carbocycles. The lowest BCUT2D eigenvalue weighted by atomic mass is 10.1. The molecule has 2 N–H and O–H groups in total. The average Bonchev–Trinajstić information content (AvgIpc) is 2.83. The van der Waals surface area contributed by atoms with E-state index in [0.29, 0.717) is 0 Å². The van der Waals surface area contributed by atoms with Crippen molar-refractivity contribution in [1.82, 2.24) is 10.3 Å². The number of thiazole rings is 1. The van der Waals surface area contributed by atoms with Gasteiger partial charge in [0.25, 0.3) is 0 Å². The zero-order valence-corrected chi connectivity index (χ0v) is 11.3. The highest BCUT2D eigenvalue weighted by atomic mass is 32.1. The van der Waals surface area contributed by atoms with Crippen LogP contribution in [-0.4, -0.2) is 16.6 Å². The summed E-state index contributed by atoms with van der Waals surface area (Å²) in [6, 6.07) is 10.2. The van der Waals surface area contributed by atoms with Crippen molar-refractivity contribution in [3.63, 3.8) is 0 Å². The molecule has 1 aromatic carbocycles. The number of aliphatic hydroxyl groups is 1. The molecule has 18 heavy (non-hydrogen) atoms. The zero-order chi connectivity index (χ0) is 12.8. The Bertz CT molecular complexity index is 482. The molecule has 1 aromatic heterocycles. The van der Waals surface area contributed by atoms with Gasteiger partial charge in [0.2, 0.25) is 0 Å². The summed E-state index contributed by atoms with van der Waals surface area (Å²) in [5, 5.41) is 13.4. The first-order valence-corrected chi connectivity index (χ1v) is 7.02. The molecule has 4 heteroatoms. The van der Waals surface area contributed by atoms with Gasteiger partial charge in [0, 0.05) is 6.54 Å². The van der Waals surface area contributed by atoms with Crippen molar-refractivity contribution in [1.29, 1.82) is 0 Å². The van der Waals surface area contributed by atoms with Crippen molar-refractivity contribution in [3.05, 3.63) is 41.0 Å². The van der Waals surface area contributed by atoms with Crippen LogP contribution in [0.1, 0.15) is 24.0 Å². The van der Waals surface area contributed by atoms with E-state index in [1.54, 1.807) is 11.3 Å². The highest BCUT2D eigenvalue weighted by molar-refractivity contribution is 7.15. The number of nitrogens with zero attached hydrogens (tertiary/aromatic N) is 1. The summed E-state index contributed by atoms with van der Waals surface area (Å²) < 4.78 is 0. The van der Waals surface area contributed by atoms with Crippen molar-refractivity contribution in [2.75, 3.05) is 6.54 Å². The molecule has 0 amide bonds. The number of aliphatic hydroxyl groups excluding tert-OH is 1. The van der Waals surface area contributed by atoms with E-state index < -0.39 is 0 Å². The third-order valence-corrected chi connectivity index (χ3v) is 3.76. The van der Waals surface area contributed by atoms with E-state index in [-0.39, 0.29) is 6.61 Å². The second-order valence-electron chi connectivity index (χ2n) is 4.08. The Morgan fingerprint density at radius 2 is 2.06 bits per heavy atom. The summed E-state index contributed by atoms with van der Waals surface area (Å²) in [4.78, 5) is 5.64. The Morgan fingerprint density at radius 1 is 1.28 bits per heavy atom. The predicted molar refractivity (Wildman–Crippen MR) is 75.5 cm³/mol. The largest absolute Gasteiger partial charge is 0.389 e.